The minimum absolute atomic E-state index is 0.0246. The standard InChI is InChI=1S/C24H30N4O3/c1-16(2)21-13-22(27(3)26-21)24(29)28-11-5-6-18(15-28)23-25-14-20(31-23)12-17-7-9-19(30-4)10-8-17/h7-10,13-14,16,18H,5-6,11-12,15H2,1-4H3/t18-/m0/s1. The van der Waals surface area contributed by atoms with Crippen LogP contribution >= 0.6 is 0 Å². The van der Waals surface area contributed by atoms with E-state index in [-0.39, 0.29) is 11.8 Å². The Morgan fingerprint density at radius 2 is 2.06 bits per heavy atom. The number of carbonyl (C=O) groups is 1. The highest BCUT2D eigenvalue weighted by Crippen LogP contribution is 2.28. The average molecular weight is 423 g/mol. The quantitative estimate of drug-likeness (QED) is 0.597. The molecule has 1 aromatic carbocycles. The predicted molar refractivity (Wildman–Crippen MR) is 117 cm³/mol. The van der Waals surface area contributed by atoms with E-state index in [1.54, 1.807) is 18.0 Å². The van der Waals surface area contributed by atoms with Crippen molar-refractivity contribution < 1.29 is 13.9 Å². The van der Waals surface area contributed by atoms with Crippen molar-refractivity contribution in [2.45, 2.75) is 44.9 Å². The van der Waals surface area contributed by atoms with Crippen molar-refractivity contribution in [3.05, 3.63) is 65.1 Å². The summed E-state index contributed by atoms with van der Waals surface area (Å²) in [6.07, 6.45) is 4.38. The van der Waals surface area contributed by atoms with Crippen LogP contribution in [0.3, 0.4) is 0 Å². The van der Waals surface area contributed by atoms with Crippen LogP contribution in [-0.2, 0) is 13.5 Å². The molecule has 7 nitrogen and oxygen atoms in total. The van der Waals surface area contributed by atoms with Gasteiger partial charge in [-0.25, -0.2) is 4.98 Å². The fraction of sp³-hybridized carbons (Fsp3) is 0.458. The van der Waals surface area contributed by atoms with E-state index in [0.29, 0.717) is 30.5 Å². The summed E-state index contributed by atoms with van der Waals surface area (Å²) in [6.45, 7) is 5.53. The molecule has 1 atom stereocenters. The Morgan fingerprint density at radius 3 is 2.74 bits per heavy atom. The van der Waals surface area contributed by atoms with Crippen LogP contribution in [0.4, 0.5) is 0 Å². The number of nitrogens with zero attached hydrogens (tertiary/aromatic N) is 4. The second kappa shape index (κ2) is 8.96. The monoisotopic (exact) mass is 422 g/mol. The van der Waals surface area contributed by atoms with Gasteiger partial charge in [0.2, 0.25) is 0 Å². The smallest absolute Gasteiger partial charge is 0.272 e. The third-order valence-corrected chi connectivity index (χ3v) is 5.88. The van der Waals surface area contributed by atoms with E-state index in [2.05, 4.69) is 23.9 Å². The molecule has 0 aliphatic carbocycles. The summed E-state index contributed by atoms with van der Waals surface area (Å²) in [7, 11) is 3.49. The van der Waals surface area contributed by atoms with Gasteiger partial charge < -0.3 is 14.1 Å². The van der Waals surface area contributed by atoms with Crippen LogP contribution < -0.4 is 4.74 Å². The van der Waals surface area contributed by atoms with Gasteiger partial charge in [0.25, 0.3) is 5.91 Å². The molecule has 0 saturated carbocycles. The lowest BCUT2D eigenvalue weighted by molar-refractivity contribution is 0.0686. The van der Waals surface area contributed by atoms with Crippen LogP contribution in [0.1, 0.15) is 71.9 Å². The SMILES string of the molecule is COc1ccc(Cc2cnc([C@H]3CCCN(C(=O)c4cc(C(C)C)nn4C)C3)o2)cc1. The molecule has 31 heavy (non-hydrogen) atoms. The molecule has 0 radical (unpaired) electrons. The number of benzene rings is 1. The average Bonchev–Trinajstić information content (AvgIpc) is 3.41. The minimum Gasteiger partial charge on any atom is -0.497 e. The van der Waals surface area contributed by atoms with Crippen LogP contribution in [0.5, 0.6) is 5.75 Å². The van der Waals surface area contributed by atoms with Gasteiger partial charge in [-0.3, -0.25) is 9.48 Å². The summed E-state index contributed by atoms with van der Waals surface area (Å²) in [4.78, 5) is 19.6. The molecule has 1 aliphatic heterocycles. The van der Waals surface area contributed by atoms with Crippen LogP contribution in [0, 0.1) is 0 Å². The number of rotatable bonds is 6. The first kappa shape index (κ1) is 21.2. The number of hydrogen-bond acceptors (Lipinski definition) is 5. The van der Waals surface area contributed by atoms with E-state index < -0.39 is 0 Å². The first-order chi connectivity index (χ1) is 14.9. The molecule has 0 spiro atoms. The van der Waals surface area contributed by atoms with Gasteiger partial charge in [0, 0.05) is 26.6 Å². The molecule has 4 rings (SSSR count). The highest BCUT2D eigenvalue weighted by Gasteiger charge is 2.30. The second-order valence-corrected chi connectivity index (χ2v) is 8.51. The number of methoxy groups -OCH3 is 1. The zero-order chi connectivity index (χ0) is 22.0. The van der Waals surface area contributed by atoms with Crippen molar-refractivity contribution in [2.75, 3.05) is 20.2 Å². The number of carbonyl (C=O) groups excluding carboxylic acids is 1. The van der Waals surface area contributed by atoms with Gasteiger partial charge in [0.15, 0.2) is 5.89 Å². The number of piperidine rings is 1. The fourth-order valence-electron chi connectivity index (χ4n) is 4.03. The van der Waals surface area contributed by atoms with E-state index in [1.807, 2.05) is 42.3 Å². The van der Waals surface area contributed by atoms with E-state index >= 15 is 0 Å². The highest BCUT2D eigenvalue weighted by atomic mass is 16.5. The lowest BCUT2D eigenvalue weighted by Crippen LogP contribution is -2.40. The second-order valence-electron chi connectivity index (χ2n) is 8.51. The Bertz CT molecular complexity index is 1040. The number of aromatic nitrogens is 3. The Hall–Kier alpha value is -3.09. The summed E-state index contributed by atoms with van der Waals surface area (Å²) in [5, 5.41) is 4.49. The van der Waals surface area contributed by atoms with Crippen LogP contribution in [-0.4, -0.2) is 45.8 Å². The molecule has 164 valence electrons. The number of oxazole rings is 1. The molecule has 0 N–H and O–H groups in total. The zero-order valence-corrected chi connectivity index (χ0v) is 18.7. The summed E-state index contributed by atoms with van der Waals surface area (Å²) in [5.74, 6) is 2.81. The van der Waals surface area contributed by atoms with E-state index in [4.69, 9.17) is 9.15 Å². The maximum atomic E-state index is 13.1. The summed E-state index contributed by atoms with van der Waals surface area (Å²) in [5.41, 5.74) is 2.72. The Balaban J connectivity index is 1.43. The Morgan fingerprint density at radius 1 is 1.29 bits per heavy atom. The molecule has 7 heteroatoms. The first-order valence-electron chi connectivity index (χ1n) is 10.9. The van der Waals surface area contributed by atoms with Crippen LogP contribution in [0.2, 0.25) is 0 Å². The van der Waals surface area contributed by atoms with Gasteiger partial charge in [-0.2, -0.15) is 5.10 Å². The molecule has 3 aromatic rings. The van der Waals surface area contributed by atoms with Gasteiger partial charge in [0.1, 0.15) is 17.2 Å². The topological polar surface area (TPSA) is 73.4 Å². The van der Waals surface area contributed by atoms with Gasteiger partial charge in [-0.15, -0.1) is 0 Å². The van der Waals surface area contributed by atoms with E-state index in [0.717, 1.165) is 42.2 Å². The lowest BCUT2D eigenvalue weighted by atomic mass is 9.97. The number of aryl methyl sites for hydroxylation is 1. The predicted octanol–water partition coefficient (Wildman–Crippen LogP) is 4.15. The van der Waals surface area contributed by atoms with Gasteiger partial charge >= 0.3 is 0 Å². The van der Waals surface area contributed by atoms with Crippen molar-refractivity contribution in [2.24, 2.45) is 7.05 Å². The van der Waals surface area contributed by atoms with Crippen LogP contribution in [0.15, 0.2) is 40.9 Å². The molecule has 2 aromatic heterocycles. The van der Waals surface area contributed by atoms with Gasteiger partial charge in [-0.05, 0) is 42.5 Å². The molecule has 1 aliphatic rings. The van der Waals surface area contributed by atoms with E-state index in [9.17, 15) is 4.79 Å². The van der Waals surface area contributed by atoms with Crippen molar-refractivity contribution in [3.63, 3.8) is 0 Å². The fourth-order valence-corrected chi connectivity index (χ4v) is 4.03. The molecule has 1 fully saturated rings. The summed E-state index contributed by atoms with van der Waals surface area (Å²) >= 11 is 0. The Labute approximate surface area is 183 Å². The molecule has 1 saturated heterocycles. The zero-order valence-electron chi connectivity index (χ0n) is 18.7. The van der Waals surface area contributed by atoms with Crippen molar-refractivity contribution in [1.82, 2.24) is 19.7 Å². The molecule has 1 amide bonds. The molecular formula is C24H30N4O3. The molecule has 0 unspecified atom stereocenters. The summed E-state index contributed by atoms with van der Waals surface area (Å²) in [6, 6.07) is 9.86. The van der Waals surface area contributed by atoms with Crippen molar-refractivity contribution in [3.8, 4) is 5.75 Å². The number of ether oxygens (including phenoxy) is 1. The van der Waals surface area contributed by atoms with Crippen LogP contribution in [0.25, 0.3) is 0 Å². The highest BCUT2D eigenvalue weighted by molar-refractivity contribution is 5.92. The molecular weight excluding hydrogens is 392 g/mol. The minimum atomic E-state index is 0.0246. The normalized spacial score (nSPS) is 16.7. The number of hydrogen-bond donors (Lipinski definition) is 0. The van der Waals surface area contributed by atoms with Gasteiger partial charge in [0.05, 0.1) is 24.9 Å². The van der Waals surface area contributed by atoms with E-state index in [1.165, 1.54) is 0 Å². The van der Waals surface area contributed by atoms with Crippen molar-refractivity contribution >= 4 is 5.91 Å². The number of amides is 1. The third-order valence-electron chi connectivity index (χ3n) is 5.88. The molecule has 0 bridgehead atoms. The Kier molecular flexibility index (Phi) is 6.11. The summed E-state index contributed by atoms with van der Waals surface area (Å²) < 4.78 is 13.0. The number of likely N-dealkylation sites (tertiary alicyclic amines) is 1. The lowest BCUT2D eigenvalue weighted by Gasteiger charge is -2.31. The molecule has 3 heterocycles. The van der Waals surface area contributed by atoms with Crippen molar-refractivity contribution in [1.29, 1.82) is 0 Å². The maximum Gasteiger partial charge on any atom is 0.272 e. The third kappa shape index (κ3) is 4.65. The largest absolute Gasteiger partial charge is 0.497 e. The first-order valence-corrected chi connectivity index (χ1v) is 10.9. The maximum absolute atomic E-state index is 13.1. The van der Waals surface area contributed by atoms with Gasteiger partial charge in [-0.1, -0.05) is 26.0 Å².